The lowest BCUT2D eigenvalue weighted by atomic mass is 9.98. The van der Waals surface area contributed by atoms with Gasteiger partial charge in [-0.1, -0.05) is 43.3 Å². The molecule has 0 bridgehead atoms. The molecule has 1 fully saturated rings. The van der Waals surface area contributed by atoms with Gasteiger partial charge in [0.25, 0.3) is 0 Å². The molecule has 8 nitrogen and oxygen atoms in total. The molecule has 34 heavy (non-hydrogen) atoms. The van der Waals surface area contributed by atoms with Crippen molar-refractivity contribution in [2.75, 3.05) is 18.4 Å². The van der Waals surface area contributed by atoms with Crippen LogP contribution in [0.25, 0.3) is 11.4 Å². The topological polar surface area (TPSA) is 105 Å². The molecule has 1 aliphatic heterocycles. The molecule has 3 aromatic rings. The van der Waals surface area contributed by atoms with Gasteiger partial charge in [0.2, 0.25) is 27.6 Å². The van der Waals surface area contributed by atoms with E-state index in [9.17, 15) is 13.2 Å². The van der Waals surface area contributed by atoms with Crippen molar-refractivity contribution in [1.82, 2.24) is 14.4 Å². The van der Waals surface area contributed by atoms with Gasteiger partial charge in [-0.2, -0.15) is 9.29 Å². The Hall–Kier alpha value is -3.04. The van der Waals surface area contributed by atoms with Crippen LogP contribution in [0.4, 0.5) is 5.69 Å². The molecule has 1 N–H and O–H groups in total. The Morgan fingerprint density at radius 3 is 2.53 bits per heavy atom. The smallest absolute Gasteiger partial charge is 0.243 e. The first-order chi connectivity index (χ1) is 16.1. The number of benzene rings is 2. The number of nitrogens with zero attached hydrogens (tertiary/aromatic N) is 3. The van der Waals surface area contributed by atoms with E-state index in [-0.39, 0.29) is 17.3 Å². The van der Waals surface area contributed by atoms with Gasteiger partial charge in [-0.25, -0.2) is 8.42 Å². The summed E-state index contributed by atoms with van der Waals surface area (Å²) in [6.45, 7) is 8.19. The standard InChI is InChI=1S/C25H30N4O4S/c1-16(2)19-9-11-22(12-10-19)27-25(30)21-6-5-13-29(15-21)34(31,32)23-14-20(8-7-17(23)3)24-26-18(4)33-28-24/h7-12,14,16,21H,5-6,13,15H2,1-4H3,(H,27,30). The van der Waals surface area contributed by atoms with Gasteiger partial charge in [0.05, 0.1) is 10.8 Å². The maximum atomic E-state index is 13.6. The van der Waals surface area contributed by atoms with Gasteiger partial charge in [0.1, 0.15) is 0 Å². The van der Waals surface area contributed by atoms with Crippen LogP contribution in [0, 0.1) is 19.8 Å². The third kappa shape index (κ3) is 5.05. The molecule has 0 aliphatic carbocycles. The van der Waals surface area contributed by atoms with Crippen LogP contribution in [0.5, 0.6) is 0 Å². The number of aryl methyl sites for hydroxylation is 2. The fourth-order valence-corrected chi connectivity index (χ4v) is 5.92. The highest BCUT2D eigenvalue weighted by atomic mass is 32.2. The maximum Gasteiger partial charge on any atom is 0.243 e. The molecular weight excluding hydrogens is 452 g/mol. The summed E-state index contributed by atoms with van der Waals surface area (Å²) in [5.74, 6) is 0.576. The highest BCUT2D eigenvalue weighted by Crippen LogP contribution is 2.29. The first kappa shape index (κ1) is 24.1. The number of sulfonamides is 1. The van der Waals surface area contributed by atoms with E-state index in [0.29, 0.717) is 53.8 Å². The molecule has 1 unspecified atom stereocenters. The van der Waals surface area contributed by atoms with Crippen LogP contribution in [0.1, 0.15) is 49.6 Å². The van der Waals surface area contributed by atoms with Crippen LogP contribution in [0.2, 0.25) is 0 Å². The lowest BCUT2D eigenvalue weighted by Crippen LogP contribution is -2.43. The third-order valence-electron chi connectivity index (χ3n) is 6.19. The lowest BCUT2D eigenvalue weighted by molar-refractivity contribution is -0.120. The molecule has 9 heteroatoms. The number of anilines is 1. The number of hydrogen-bond acceptors (Lipinski definition) is 6. The first-order valence-corrected chi connectivity index (χ1v) is 12.9. The third-order valence-corrected chi connectivity index (χ3v) is 8.20. The minimum atomic E-state index is -3.80. The number of aromatic nitrogens is 2. The molecule has 1 aromatic heterocycles. The molecule has 2 heterocycles. The van der Waals surface area contributed by atoms with Gasteiger partial charge in [0.15, 0.2) is 0 Å². The fourth-order valence-electron chi connectivity index (χ4n) is 4.14. The van der Waals surface area contributed by atoms with E-state index in [1.807, 2.05) is 24.3 Å². The van der Waals surface area contributed by atoms with Crippen molar-refractivity contribution in [2.45, 2.75) is 51.3 Å². The summed E-state index contributed by atoms with van der Waals surface area (Å²) in [5.41, 5.74) is 3.10. The van der Waals surface area contributed by atoms with E-state index in [1.54, 1.807) is 32.0 Å². The molecule has 0 saturated carbocycles. The maximum absolute atomic E-state index is 13.6. The lowest BCUT2D eigenvalue weighted by Gasteiger charge is -2.31. The van der Waals surface area contributed by atoms with Crippen molar-refractivity contribution < 1.29 is 17.7 Å². The molecule has 4 rings (SSSR count). The first-order valence-electron chi connectivity index (χ1n) is 11.5. The van der Waals surface area contributed by atoms with E-state index >= 15 is 0 Å². The number of carbonyl (C=O) groups excluding carboxylic acids is 1. The molecule has 2 aromatic carbocycles. The average Bonchev–Trinajstić information content (AvgIpc) is 3.26. The van der Waals surface area contributed by atoms with E-state index < -0.39 is 15.9 Å². The molecule has 1 amide bonds. The summed E-state index contributed by atoms with van der Waals surface area (Å²) in [6.07, 6.45) is 1.26. The molecule has 1 atom stereocenters. The zero-order valence-electron chi connectivity index (χ0n) is 19.9. The summed E-state index contributed by atoms with van der Waals surface area (Å²) >= 11 is 0. The second-order valence-electron chi connectivity index (χ2n) is 9.09. The molecule has 0 spiro atoms. The SMILES string of the molecule is Cc1nc(-c2ccc(C)c(S(=O)(=O)N3CCCC(C(=O)Nc4ccc(C(C)C)cc4)C3)c2)no1. The highest BCUT2D eigenvalue weighted by Gasteiger charge is 2.34. The van der Waals surface area contributed by atoms with Crippen LogP contribution in [0.15, 0.2) is 51.9 Å². The van der Waals surface area contributed by atoms with Crippen molar-refractivity contribution in [3.8, 4) is 11.4 Å². The van der Waals surface area contributed by atoms with Gasteiger partial charge < -0.3 is 9.84 Å². The number of piperidine rings is 1. The molecule has 180 valence electrons. The van der Waals surface area contributed by atoms with Gasteiger partial charge in [0, 0.05) is 31.3 Å². The highest BCUT2D eigenvalue weighted by molar-refractivity contribution is 7.89. The van der Waals surface area contributed by atoms with Crippen LogP contribution in [-0.2, 0) is 14.8 Å². The fraction of sp³-hybridized carbons (Fsp3) is 0.400. The number of rotatable bonds is 6. The van der Waals surface area contributed by atoms with Crippen molar-refractivity contribution in [2.24, 2.45) is 5.92 Å². The Bertz CT molecular complexity index is 1280. The number of carbonyl (C=O) groups is 1. The van der Waals surface area contributed by atoms with Crippen LogP contribution < -0.4 is 5.32 Å². The van der Waals surface area contributed by atoms with Crippen LogP contribution in [-0.4, -0.2) is 41.9 Å². The van der Waals surface area contributed by atoms with Crippen molar-refractivity contribution in [3.05, 3.63) is 59.5 Å². The Morgan fingerprint density at radius 2 is 1.88 bits per heavy atom. The second-order valence-corrected chi connectivity index (χ2v) is 11.0. The summed E-state index contributed by atoms with van der Waals surface area (Å²) in [4.78, 5) is 17.3. The monoisotopic (exact) mass is 482 g/mol. The molecule has 0 radical (unpaired) electrons. The zero-order chi connectivity index (χ0) is 24.5. The molecular formula is C25H30N4O4S. The summed E-state index contributed by atoms with van der Waals surface area (Å²) in [5, 5.41) is 6.84. The average molecular weight is 483 g/mol. The van der Waals surface area contributed by atoms with Gasteiger partial charge in [-0.15, -0.1) is 0 Å². The van der Waals surface area contributed by atoms with E-state index in [0.717, 1.165) is 0 Å². The Labute approximate surface area is 200 Å². The summed E-state index contributed by atoms with van der Waals surface area (Å²) in [6, 6.07) is 12.9. The largest absolute Gasteiger partial charge is 0.339 e. The Balaban J connectivity index is 1.51. The normalized spacial score (nSPS) is 17.1. The molecule has 1 saturated heterocycles. The quantitative estimate of drug-likeness (QED) is 0.554. The van der Waals surface area contributed by atoms with Crippen molar-refractivity contribution in [3.63, 3.8) is 0 Å². The van der Waals surface area contributed by atoms with E-state index in [2.05, 4.69) is 29.3 Å². The number of amides is 1. The van der Waals surface area contributed by atoms with E-state index in [1.165, 1.54) is 9.87 Å². The number of hydrogen-bond donors (Lipinski definition) is 1. The summed E-state index contributed by atoms with van der Waals surface area (Å²) in [7, 11) is -3.80. The Kier molecular flexibility index (Phi) is 6.86. The van der Waals surface area contributed by atoms with E-state index in [4.69, 9.17) is 4.52 Å². The minimum absolute atomic E-state index is 0.142. The zero-order valence-corrected chi connectivity index (χ0v) is 20.7. The van der Waals surface area contributed by atoms with Gasteiger partial charge in [-0.3, -0.25) is 4.79 Å². The summed E-state index contributed by atoms with van der Waals surface area (Å²) < 4.78 is 33.6. The van der Waals surface area contributed by atoms with Crippen molar-refractivity contribution >= 4 is 21.6 Å². The van der Waals surface area contributed by atoms with Crippen LogP contribution >= 0.6 is 0 Å². The predicted molar refractivity (Wildman–Crippen MR) is 130 cm³/mol. The number of nitrogens with one attached hydrogen (secondary N) is 1. The molecule has 1 aliphatic rings. The predicted octanol–water partition coefficient (Wildman–Crippen LogP) is 4.52. The minimum Gasteiger partial charge on any atom is -0.339 e. The van der Waals surface area contributed by atoms with Gasteiger partial charge in [-0.05, 0) is 55.0 Å². The van der Waals surface area contributed by atoms with Gasteiger partial charge >= 0.3 is 0 Å². The Morgan fingerprint density at radius 1 is 1.15 bits per heavy atom. The second kappa shape index (κ2) is 9.68. The van der Waals surface area contributed by atoms with Crippen LogP contribution in [0.3, 0.4) is 0 Å². The van der Waals surface area contributed by atoms with Crippen molar-refractivity contribution in [1.29, 1.82) is 0 Å².